The van der Waals surface area contributed by atoms with E-state index in [9.17, 15) is 13.2 Å². The maximum absolute atomic E-state index is 12.4. The van der Waals surface area contributed by atoms with Crippen LogP contribution in [0.25, 0.3) is 0 Å². The number of halogens is 3. The largest absolute Gasteiger partial charge is 0.486 e. The third-order valence-electron chi connectivity index (χ3n) is 2.28. The standard InChI is InChI=1S/C10H10F3NO2/c11-10(12,13)9(14)6-1-2-7-8(5-6)16-4-3-15-7/h1-2,5,9H,3-4,14H2. The van der Waals surface area contributed by atoms with Crippen molar-refractivity contribution in [3.05, 3.63) is 23.8 Å². The molecular formula is C10H10F3NO2. The lowest BCUT2D eigenvalue weighted by Crippen LogP contribution is -2.28. The van der Waals surface area contributed by atoms with Gasteiger partial charge in [0.2, 0.25) is 0 Å². The quantitative estimate of drug-likeness (QED) is 0.807. The van der Waals surface area contributed by atoms with Gasteiger partial charge in [0.05, 0.1) is 0 Å². The van der Waals surface area contributed by atoms with Crippen LogP contribution in [-0.4, -0.2) is 19.4 Å². The highest BCUT2D eigenvalue weighted by Gasteiger charge is 2.38. The van der Waals surface area contributed by atoms with Crippen molar-refractivity contribution in [3.63, 3.8) is 0 Å². The zero-order chi connectivity index (χ0) is 11.8. The predicted molar refractivity (Wildman–Crippen MR) is 50.4 cm³/mol. The number of alkyl halides is 3. The number of nitrogens with two attached hydrogens (primary N) is 1. The predicted octanol–water partition coefficient (Wildman–Crippen LogP) is 2.02. The molecule has 16 heavy (non-hydrogen) atoms. The van der Waals surface area contributed by atoms with Gasteiger partial charge in [0.1, 0.15) is 19.3 Å². The van der Waals surface area contributed by atoms with Gasteiger partial charge in [-0.1, -0.05) is 6.07 Å². The monoisotopic (exact) mass is 233 g/mol. The van der Waals surface area contributed by atoms with E-state index < -0.39 is 12.2 Å². The fourth-order valence-corrected chi connectivity index (χ4v) is 1.44. The van der Waals surface area contributed by atoms with E-state index in [1.165, 1.54) is 18.2 Å². The molecule has 1 aliphatic rings. The Kier molecular flexibility index (Phi) is 2.67. The summed E-state index contributed by atoms with van der Waals surface area (Å²) in [6.45, 7) is 0.732. The molecule has 0 aromatic heterocycles. The third kappa shape index (κ3) is 2.06. The van der Waals surface area contributed by atoms with Crippen LogP contribution < -0.4 is 15.2 Å². The molecule has 0 amide bonds. The van der Waals surface area contributed by atoms with Crippen LogP contribution in [0.3, 0.4) is 0 Å². The molecule has 0 saturated carbocycles. The molecule has 1 aromatic carbocycles. The molecule has 1 unspecified atom stereocenters. The Bertz CT molecular complexity index is 392. The zero-order valence-electron chi connectivity index (χ0n) is 8.25. The smallest absolute Gasteiger partial charge is 0.407 e. The summed E-state index contributed by atoms with van der Waals surface area (Å²) in [5.41, 5.74) is 5.05. The van der Waals surface area contributed by atoms with E-state index in [-0.39, 0.29) is 5.56 Å². The molecule has 0 saturated heterocycles. The summed E-state index contributed by atoms with van der Waals surface area (Å²) in [7, 11) is 0. The van der Waals surface area contributed by atoms with Crippen molar-refractivity contribution in [2.45, 2.75) is 12.2 Å². The lowest BCUT2D eigenvalue weighted by molar-refractivity contribution is -0.149. The number of ether oxygens (including phenoxy) is 2. The van der Waals surface area contributed by atoms with Gasteiger partial charge in [0.25, 0.3) is 0 Å². The van der Waals surface area contributed by atoms with E-state index >= 15 is 0 Å². The molecule has 1 atom stereocenters. The minimum Gasteiger partial charge on any atom is -0.486 e. The summed E-state index contributed by atoms with van der Waals surface area (Å²) >= 11 is 0. The van der Waals surface area contributed by atoms with Gasteiger partial charge in [0.15, 0.2) is 11.5 Å². The van der Waals surface area contributed by atoms with Crippen molar-refractivity contribution in [3.8, 4) is 11.5 Å². The highest BCUT2D eigenvalue weighted by molar-refractivity contribution is 5.44. The molecule has 2 rings (SSSR count). The Hall–Kier alpha value is -1.43. The SMILES string of the molecule is NC(c1ccc2c(c1)OCCO2)C(F)(F)F. The van der Waals surface area contributed by atoms with Gasteiger partial charge < -0.3 is 15.2 Å². The maximum Gasteiger partial charge on any atom is 0.407 e. The summed E-state index contributed by atoms with van der Waals surface area (Å²) in [6.07, 6.45) is -4.45. The van der Waals surface area contributed by atoms with Crippen molar-refractivity contribution in [1.29, 1.82) is 0 Å². The molecule has 1 aromatic rings. The van der Waals surface area contributed by atoms with E-state index in [1.54, 1.807) is 0 Å². The second-order valence-electron chi connectivity index (χ2n) is 3.42. The molecule has 6 heteroatoms. The first-order valence-electron chi connectivity index (χ1n) is 4.70. The fourth-order valence-electron chi connectivity index (χ4n) is 1.44. The van der Waals surface area contributed by atoms with Gasteiger partial charge in [-0.15, -0.1) is 0 Å². The minimum absolute atomic E-state index is 0.0308. The molecule has 1 heterocycles. The molecule has 0 radical (unpaired) electrons. The van der Waals surface area contributed by atoms with Gasteiger partial charge in [-0.2, -0.15) is 13.2 Å². The van der Waals surface area contributed by atoms with Gasteiger partial charge in [-0.25, -0.2) is 0 Å². The molecule has 3 nitrogen and oxygen atoms in total. The number of hydrogen-bond donors (Lipinski definition) is 1. The van der Waals surface area contributed by atoms with E-state index in [4.69, 9.17) is 15.2 Å². The highest BCUT2D eigenvalue weighted by atomic mass is 19.4. The van der Waals surface area contributed by atoms with Gasteiger partial charge in [0, 0.05) is 0 Å². The first-order valence-corrected chi connectivity index (χ1v) is 4.70. The summed E-state index contributed by atoms with van der Waals surface area (Å²) in [6, 6.07) is 2.01. The lowest BCUT2D eigenvalue weighted by Gasteiger charge is -2.21. The molecule has 0 fully saturated rings. The van der Waals surface area contributed by atoms with E-state index in [2.05, 4.69) is 0 Å². The summed E-state index contributed by atoms with van der Waals surface area (Å²) in [4.78, 5) is 0. The van der Waals surface area contributed by atoms with Crippen LogP contribution in [0.1, 0.15) is 11.6 Å². The van der Waals surface area contributed by atoms with Gasteiger partial charge in [-0.05, 0) is 17.7 Å². The second kappa shape index (κ2) is 3.86. The Morgan fingerprint density at radius 1 is 1.12 bits per heavy atom. The Morgan fingerprint density at radius 2 is 1.75 bits per heavy atom. The molecular weight excluding hydrogens is 223 g/mol. The first kappa shape index (κ1) is 11.1. The normalized spacial score (nSPS) is 17.0. The average Bonchev–Trinajstić information content (AvgIpc) is 2.26. The summed E-state index contributed by atoms with van der Waals surface area (Å²) in [5, 5.41) is 0. The maximum atomic E-state index is 12.4. The number of benzene rings is 1. The second-order valence-corrected chi connectivity index (χ2v) is 3.42. The van der Waals surface area contributed by atoms with Crippen molar-refractivity contribution in [2.75, 3.05) is 13.2 Å². The van der Waals surface area contributed by atoms with Crippen LogP contribution in [0, 0.1) is 0 Å². The third-order valence-corrected chi connectivity index (χ3v) is 2.28. The fraction of sp³-hybridized carbons (Fsp3) is 0.400. The van der Waals surface area contributed by atoms with E-state index in [1.807, 2.05) is 0 Å². The van der Waals surface area contributed by atoms with Crippen molar-refractivity contribution >= 4 is 0 Å². The topological polar surface area (TPSA) is 44.5 Å². The van der Waals surface area contributed by atoms with Crippen LogP contribution >= 0.6 is 0 Å². The molecule has 0 bridgehead atoms. The van der Waals surface area contributed by atoms with Gasteiger partial charge >= 0.3 is 6.18 Å². The van der Waals surface area contributed by atoms with Crippen LogP contribution in [0.2, 0.25) is 0 Å². The molecule has 88 valence electrons. The van der Waals surface area contributed by atoms with Crippen molar-refractivity contribution in [2.24, 2.45) is 5.73 Å². The zero-order valence-corrected chi connectivity index (χ0v) is 8.25. The summed E-state index contributed by atoms with van der Waals surface area (Å²) in [5.74, 6) is 0.757. The highest BCUT2D eigenvalue weighted by Crippen LogP contribution is 2.36. The average molecular weight is 233 g/mol. The molecule has 0 spiro atoms. The Labute approximate surface area is 89.9 Å². The first-order chi connectivity index (χ1) is 7.48. The van der Waals surface area contributed by atoms with Crippen LogP contribution in [-0.2, 0) is 0 Å². The number of rotatable bonds is 1. The minimum atomic E-state index is -4.45. The van der Waals surface area contributed by atoms with E-state index in [0.29, 0.717) is 24.7 Å². The summed E-state index contributed by atoms with van der Waals surface area (Å²) < 4.78 is 47.5. The lowest BCUT2D eigenvalue weighted by atomic mass is 10.1. The van der Waals surface area contributed by atoms with Crippen LogP contribution in [0.4, 0.5) is 13.2 Å². The van der Waals surface area contributed by atoms with Crippen molar-refractivity contribution < 1.29 is 22.6 Å². The van der Waals surface area contributed by atoms with Crippen LogP contribution in [0.15, 0.2) is 18.2 Å². The molecule has 2 N–H and O–H groups in total. The number of fused-ring (bicyclic) bond motifs is 1. The Morgan fingerprint density at radius 3 is 2.38 bits per heavy atom. The van der Waals surface area contributed by atoms with Crippen molar-refractivity contribution in [1.82, 2.24) is 0 Å². The Balaban J connectivity index is 2.30. The van der Waals surface area contributed by atoms with Crippen LogP contribution in [0.5, 0.6) is 11.5 Å². The van der Waals surface area contributed by atoms with E-state index in [0.717, 1.165) is 0 Å². The molecule has 0 aliphatic carbocycles. The van der Waals surface area contributed by atoms with Gasteiger partial charge in [-0.3, -0.25) is 0 Å². The number of hydrogen-bond acceptors (Lipinski definition) is 3. The molecule has 1 aliphatic heterocycles.